The lowest BCUT2D eigenvalue weighted by Crippen LogP contribution is -2.22. The molecule has 0 fully saturated rings. The first-order valence-electron chi connectivity index (χ1n) is 6.73. The molecule has 0 aliphatic rings. The molecule has 1 aromatic carbocycles. The van der Waals surface area contributed by atoms with Gasteiger partial charge in [-0.3, -0.25) is 4.68 Å². The Morgan fingerprint density at radius 3 is 2.80 bits per heavy atom. The van der Waals surface area contributed by atoms with E-state index < -0.39 is 0 Å². The van der Waals surface area contributed by atoms with Gasteiger partial charge in [0, 0.05) is 11.6 Å². The first kappa shape index (κ1) is 15.5. The molecule has 0 aliphatic heterocycles. The fourth-order valence-electron chi connectivity index (χ4n) is 2.36. The summed E-state index contributed by atoms with van der Waals surface area (Å²) in [6, 6.07) is 6.23. The van der Waals surface area contributed by atoms with Gasteiger partial charge in [0.05, 0.1) is 22.4 Å². The van der Waals surface area contributed by atoms with Crippen LogP contribution in [0.2, 0.25) is 5.02 Å². The van der Waals surface area contributed by atoms with Gasteiger partial charge in [-0.1, -0.05) is 30.7 Å². The van der Waals surface area contributed by atoms with Crippen LogP contribution in [0.15, 0.2) is 28.9 Å². The second-order valence-corrected chi connectivity index (χ2v) is 6.09. The lowest BCUT2D eigenvalue weighted by atomic mass is 10.0. The third-order valence-corrected chi connectivity index (χ3v) is 4.38. The van der Waals surface area contributed by atoms with Crippen molar-refractivity contribution in [3.63, 3.8) is 0 Å². The molecule has 1 unspecified atom stereocenters. The van der Waals surface area contributed by atoms with Crippen LogP contribution in [0, 0.1) is 6.92 Å². The number of benzene rings is 1. The Morgan fingerprint density at radius 2 is 2.20 bits per heavy atom. The minimum atomic E-state index is 0.0920. The van der Waals surface area contributed by atoms with Gasteiger partial charge < -0.3 is 5.32 Å². The number of hydrogen-bond donors (Lipinski definition) is 1. The lowest BCUT2D eigenvalue weighted by Gasteiger charge is -2.20. The summed E-state index contributed by atoms with van der Waals surface area (Å²) >= 11 is 9.73. The summed E-state index contributed by atoms with van der Waals surface area (Å²) in [4.78, 5) is 0. The van der Waals surface area contributed by atoms with Crippen molar-refractivity contribution >= 4 is 27.5 Å². The quantitative estimate of drug-likeness (QED) is 0.864. The number of halogens is 2. The number of aromatic nitrogens is 2. The SMILES string of the molecule is CCCn1ncc(Br)c1C(NC)c1ccc(Cl)c(C)c1. The summed E-state index contributed by atoms with van der Waals surface area (Å²) in [6.45, 7) is 5.09. The maximum absolute atomic E-state index is 6.12. The van der Waals surface area contributed by atoms with Crippen LogP contribution in [-0.2, 0) is 6.54 Å². The Bertz CT molecular complexity index is 595. The van der Waals surface area contributed by atoms with E-state index in [9.17, 15) is 0 Å². The Balaban J connectivity index is 2.46. The van der Waals surface area contributed by atoms with Crippen LogP contribution in [0.1, 0.15) is 36.2 Å². The molecule has 0 spiro atoms. The normalized spacial score (nSPS) is 12.7. The van der Waals surface area contributed by atoms with Gasteiger partial charge in [-0.05, 0) is 53.5 Å². The number of aryl methyl sites for hydroxylation is 2. The van der Waals surface area contributed by atoms with Gasteiger partial charge in [0.1, 0.15) is 0 Å². The van der Waals surface area contributed by atoms with Crippen LogP contribution in [-0.4, -0.2) is 16.8 Å². The van der Waals surface area contributed by atoms with E-state index >= 15 is 0 Å². The van der Waals surface area contributed by atoms with E-state index in [1.165, 1.54) is 5.56 Å². The number of hydrogen-bond acceptors (Lipinski definition) is 2. The average molecular weight is 357 g/mol. The summed E-state index contributed by atoms with van der Waals surface area (Å²) in [5.74, 6) is 0. The lowest BCUT2D eigenvalue weighted by molar-refractivity contribution is 0.533. The smallest absolute Gasteiger partial charge is 0.0757 e. The molecule has 0 bridgehead atoms. The molecule has 1 N–H and O–H groups in total. The third kappa shape index (κ3) is 3.08. The molecule has 1 heterocycles. The maximum atomic E-state index is 6.12. The second kappa shape index (κ2) is 6.74. The van der Waals surface area contributed by atoms with E-state index in [-0.39, 0.29) is 6.04 Å². The van der Waals surface area contributed by atoms with Crippen LogP contribution >= 0.6 is 27.5 Å². The molecule has 3 nitrogen and oxygen atoms in total. The monoisotopic (exact) mass is 355 g/mol. The van der Waals surface area contributed by atoms with Crippen molar-refractivity contribution in [1.29, 1.82) is 0 Å². The zero-order valence-electron chi connectivity index (χ0n) is 12.0. The van der Waals surface area contributed by atoms with Gasteiger partial charge in [0.2, 0.25) is 0 Å². The van der Waals surface area contributed by atoms with E-state index in [0.717, 1.165) is 33.7 Å². The highest BCUT2D eigenvalue weighted by atomic mass is 79.9. The van der Waals surface area contributed by atoms with E-state index in [4.69, 9.17) is 11.6 Å². The van der Waals surface area contributed by atoms with Gasteiger partial charge in [-0.2, -0.15) is 5.10 Å². The highest BCUT2D eigenvalue weighted by Gasteiger charge is 2.20. The van der Waals surface area contributed by atoms with Crippen molar-refractivity contribution in [3.8, 4) is 0 Å². The van der Waals surface area contributed by atoms with Gasteiger partial charge in [0.25, 0.3) is 0 Å². The Kier molecular flexibility index (Phi) is 5.24. The highest BCUT2D eigenvalue weighted by Crippen LogP contribution is 2.30. The van der Waals surface area contributed by atoms with Crippen molar-refractivity contribution < 1.29 is 0 Å². The fraction of sp³-hybridized carbons (Fsp3) is 0.400. The molecule has 2 aromatic rings. The van der Waals surface area contributed by atoms with Gasteiger partial charge in [-0.15, -0.1) is 0 Å². The summed E-state index contributed by atoms with van der Waals surface area (Å²) in [7, 11) is 1.96. The topological polar surface area (TPSA) is 29.9 Å². The molecule has 0 amide bonds. The molecular formula is C15H19BrClN3. The summed E-state index contributed by atoms with van der Waals surface area (Å²) in [5.41, 5.74) is 3.42. The minimum Gasteiger partial charge on any atom is -0.308 e. The van der Waals surface area contributed by atoms with Crippen LogP contribution in [0.3, 0.4) is 0 Å². The summed E-state index contributed by atoms with van der Waals surface area (Å²) in [5, 5.41) is 8.61. The summed E-state index contributed by atoms with van der Waals surface area (Å²) < 4.78 is 3.08. The van der Waals surface area contributed by atoms with Gasteiger partial charge in [0.15, 0.2) is 0 Å². The van der Waals surface area contributed by atoms with E-state index in [1.54, 1.807) is 0 Å². The zero-order valence-corrected chi connectivity index (χ0v) is 14.3. The van der Waals surface area contributed by atoms with Gasteiger partial charge in [-0.25, -0.2) is 0 Å². The molecular weight excluding hydrogens is 338 g/mol. The molecule has 0 saturated carbocycles. The predicted molar refractivity (Wildman–Crippen MR) is 87.3 cm³/mol. The molecule has 0 radical (unpaired) electrons. The molecule has 1 atom stereocenters. The maximum Gasteiger partial charge on any atom is 0.0757 e. The minimum absolute atomic E-state index is 0.0920. The predicted octanol–water partition coefficient (Wildman–Crippen LogP) is 4.33. The summed E-state index contributed by atoms with van der Waals surface area (Å²) in [6.07, 6.45) is 2.91. The van der Waals surface area contributed by atoms with Crippen molar-refractivity contribution in [3.05, 3.63) is 50.7 Å². The van der Waals surface area contributed by atoms with Crippen LogP contribution < -0.4 is 5.32 Å². The van der Waals surface area contributed by atoms with Crippen LogP contribution in [0.4, 0.5) is 0 Å². The molecule has 5 heteroatoms. The fourth-order valence-corrected chi connectivity index (χ4v) is 3.00. The largest absolute Gasteiger partial charge is 0.308 e. The Morgan fingerprint density at radius 1 is 1.45 bits per heavy atom. The van der Waals surface area contributed by atoms with Crippen molar-refractivity contribution in [1.82, 2.24) is 15.1 Å². The zero-order chi connectivity index (χ0) is 14.7. The standard InChI is InChI=1S/C15H19BrClN3/c1-4-7-20-15(12(16)9-19-20)14(18-3)11-5-6-13(17)10(2)8-11/h5-6,8-9,14,18H,4,7H2,1-3H3. The average Bonchev–Trinajstić information content (AvgIpc) is 2.77. The molecule has 108 valence electrons. The van der Waals surface area contributed by atoms with Crippen LogP contribution in [0.5, 0.6) is 0 Å². The van der Waals surface area contributed by atoms with E-state index in [2.05, 4.69) is 50.1 Å². The van der Waals surface area contributed by atoms with Crippen LogP contribution in [0.25, 0.3) is 0 Å². The van der Waals surface area contributed by atoms with Gasteiger partial charge >= 0.3 is 0 Å². The molecule has 0 saturated heterocycles. The third-order valence-electron chi connectivity index (χ3n) is 3.35. The van der Waals surface area contributed by atoms with Crippen molar-refractivity contribution in [2.24, 2.45) is 0 Å². The van der Waals surface area contributed by atoms with E-state index in [1.807, 2.05) is 26.2 Å². The van der Waals surface area contributed by atoms with E-state index in [0.29, 0.717) is 0 Å². The second-order valence-electron chi connectivity index (χ2n) is 4.83. The molecule has 1 aromatic heterocycles. The molecule has 0 aliphatic carbocycles. The Labute approximate surface area is 133 Å². The molecule has 2 rings (SSSR count). The first-order valence-corrected chi connectivity index (χ1v) is 7.90. The molecule has 20 heavy (non-hydrogen) atoms. The number of rotatable bonds is 5. The first-order chi connectivity index (χ1) is 9.58. The van der Waals surface area contributed by atoms with Crippen molar-refractivity contribution in [2.75, 3.05) is 7.05 Å². The van der Waals surface area contributed by atoms with Crippen molar-refractivity contribution in [2.45, 2.75) is 32.9 Å². The Hall–Kier alpha value is -0.840. The number of nitrogens with zero attached hydrogens (tertiary/aromatic N) is 2. The number of nitrogens with one attached hydrogen (secondary N) is 1. The highest BCUT2D eigenvalue weighted by molar-refractivity contribution is 9.10.